The predicted octanol–water partition coefficient (Wildman–Crippen LogP) is 3.16. The van der Waals surface area contributed by atoms with Crippen molar-refractivity contribution in [3.8, 4) is 0 Å². The molecule has 1 aromatic heterocycles. The summed E-state index contributed by atoms with van der Waals surface area (Å²) in [5.41, 5.74) is 0. The average molecular weight is 228 g/mol. The van der Waals surface area contributed by atoms with Crippen LogP contribution in [0.15, 0.2) is 6.33 Å². The first kappa shape index (κ1) is 10.9. The molecule has 2 rings (SSSR count). The van der Waals surface area contributed by atoms with Crippen LogP contribution in [-0.2, 0) is 5.88 Å². The maximum Gasteiger partial charge on any atom is 0.148 e. The van der Waals surface area contributed by atoms with Gasteiger partial charge in [-0.1, -0.05) is 13.3 Å². The molecule has 0 radical (unpaired) electrons. The van der Waals surface area contributed by atoms with Crippen molar-refractivity contribution >= 4 is 11.6 Å². The molecular weight excluding hydrogens is 210 g/mol. The molecule has 0 N–H and O–H groups in total. The largest absolute Gasteiger partial charge is 0.313 e. The Morgan fingerprint density at radius 3 is 2.73 bits per heavy atom. The standard InChI is InChI=1S/C11H18ClN3/c1-2-9-3-5-10(6-4-9)15-8-13-14-11(15)7-12/h8-10H,2-7H2,1H3. The Bertz CT molecular complexity index is 303. The van der Waals surface area contributed by atoms with Crippen LogP contribution in [0.5, 0.6) is 0 Å². The van der Waals surface area contributed by atoms with Gasteiger partial charge in [0.25, 0.3) is 0 Å². The van der Waals surface area contributed by atoms with Crippen molar-refractivity contribution in [2.75, 3.05) is 0 Å². The monoisotopic (exact) mass is 227 g/mol. The van der Waals surface area contributed by atoms with Gasteiger partial charge >= 0.3 is 0 Å². The third kappa shape index (κ3) is 2.33. The lowest BCUT2D eigenvalue weighted by Crippen LogP contribution is -2.18. The van der Waals surface area contributed by atoms with Crippen molar-refractivity contribution in [2.24, 2.45) is 5.92 Å². The lowest BCUT2D eigenvalue weighted by atomic mass is 9.84. The molecule has 1 aliphatic carbocycles. The molecular formula is C11H18ClN3. The molecule has 1 fully saturated rings. The third-order valence-corrected chi connectivity index (χ3v) is 3.79. The first-order chi connectivity index (χ1) is 7.35. The number of hydrogen-bond acceptors (Lipinski definition) is 2. The van der Waals surface area contributed by atoms with E-state index in [1.807, 2.05) is 6.33 Å². The lowest BCUT2D eigenvalue weighted by Gasteiger charge is -2.29. The van der Waals surface area contributed by atoms with E-state index < -0.39 is 0 Å². The van der Waals surface area contributed by atoms with Crippen LogP contribution in [0, 0.1) is 5.92 Å². The first-order valence-electron chi connectivity index (χ1n) is 5.79. The molecule has 15 heavy (non-hydrogen) atoms. The van der Waals surface area contributed by atoms with E-state index >= 15 is 0 Å². The second-order valence-corrected chi connectivity index (χ2v) is 4.64. The number of aromatic nitrogens is 3. The molecule has 0 saturated heterocycles. The topological polar surface area (TPSA) is 30.7 Å². The van der Waals surface area contributed by atoms with Crippen LogP contribution in [-0.4, -0.2) is 14.8 Å². The highest BCUT2D eigenvalue weighted by Gasteiger charge is 2.22. The molecule has 0 aliphatic heterocycles. The second-order valence-electron chi connectivity index (χ2n) is 4.37. The van der Waals surface area contributed by atoms with Crippen LogP contribution in [0.4, 0.5) is 0 Å². The van der Waals surface area contributed by atoms with Gasteiger partial charge in [-0.05, 0) is 31.6 Å². The maximum atomic E-state index is 5.83. The van der Waals surface area contributed by atoms with Crippen molar-refractivity contribution in [1.29, 1.82) is 0 Å². The molecule has 0 bridgehead atoms. The van der Waals surface area contributed by atoms with Gasteiger partial charge in [-0.2, -0.15) is 0 Å². The molecule has 0 spiro atoms. The Kier molecular flexibility index (Phi) is 3.62. The number of hydrogen-bond donors (Lipinski definition) is 0. The zero-order chi connectivity index (χ0) is 10.7. The number of rotatable bonds is 3. The molecule has 3 nitrogen and oxygen atoms in total. The van der Waals surface area contributed by atoms with Crippen molar-refractivity contribution in [1.82, 2.24) is 14.8 Å². The maximum absolute atomic E-state index is 5.83. The van der Waals surface area contributed by atoms with E-state index in [1.54, 1.807) is 0 Å². The van der Waals surface area contributed by atoms with Gasteiger partial charge in [-0.25, -0.2) is 0 Å². The number of alkyl halides is 1. The van der Waals surface area contributed by atoms with E-state index in [2.05, 4.69) is 21.7 Å². The molecule has 1 heterocycles. The minimum atomic E-state index is 0.466. The van der Waals surface area contributed by atoms with E-state index in [0.717, 1.165) is 11.7 Å². The highest BCUT2D eigenvalue weighted by molar-refractivity contribution is 6.16. The highest BCUT2D eigenvalue weighted by atomic mass is 35.5. The minimum absolute atomic E-state index is 0.466. The fraction of sp³-hybridized carbons (Fsp3) is 0.818. The van der Waals surface area contributed by atoms with Crippen LogP contribution in [0.3, 0.4) is 0 Å². The number of halogens is 1. The van der Waals surface area contributed by atoms with Crippen LogP contribution in [0.2, 0.25) is 0 Å². The molecule has 0 aromatic carbocycles. The van der Waals surface area contributed by atoms with Crippen molar-refractivity contribution in [2.45, 2.75) is 50.9 Å². The van der Waals surface area contributed by atoms with E-state index in [4.69, 9.17) is 11.6 Å². The Morgan fingerprint density at radius 2 is 2.13 bits per heavy atom. The van der Waals surface area contributed by atoms with Crippen molar-refractivity contribution in [3.05, 3.63) is 12.2 Å². The van der Waals surface area contributed by atoms with Crippen LogP contribution < -0.4 is 0 Å². The number of nitrogens with zero attached hydrogens (tertiary/aromatic N) is 3. The fourth-order valence-electron chi connectivity index (χ4n) is 2.50. The van der Waals surface area contributed by atoms with Gasteiger partial charge in [0.1, 0.15) is 12.2 Å². The van der Waals surface area contributed by atoms with Gasteiger partial charge < -0.3 is 4.57 Å². The van der Waals surface area contributed by atoms with Crippen molar-refractivity contribution in [3.63, 3.8) is 0 Å². The Morgan fingerprint density at radius 1 is 1.40 bits per heavy atom. The van der Waals surface area contributed by atoms with Crippen LogP contribution >= 0.6 is 11.6 Å². The smallest absolute Gasteiger partial charge is 0.148 e. The highest BCUT2D eigenvalue weighted by Crippen LogP contribution is 2.34. The van der Waals surface area contributed by atoms with Gasteiger partial charge in [0.15, 0.2) is 0 Å². The molecule has 0 amide bonds. The van der Waals surface area contributed by atoms with Crippen LogP contribution in [0.25, 0.3) is 0 Å². The van der Waals surface area contributed by atoms with Gasteiger partial charge in [-0.15, -0.1) is 21.8 Å². The van der Waals surface area contributed by atoms with E-state index in [0.29, 0.717) is 11.9 Å². The summed E-state index contributed by atoms with van der Waals surface area (Å²) in [6.45, 7) is 2.29. The summed E-state index contributed by atoms with van der Waals surface area (Å²) in [7, 11) is 0. The normalized spacial score (nSPS) is 26.8. The summed E-state index contributed by atoms with van der Waals surface area (Å²) in [6, 6.07) is 0.580. The van der Waals surface area contributed by atoms with Crippen molar-refractivity contribution < 1.29 is 0 Å². The first-order valence-corrected chi connectivity index (χ1v) is 6.33. The Labute approximate surface area is 95.8 Å². The van der Waals surface area contributed by atoms with E-state index in [9.17, 15) is 0 Å². The molecule has 4 heteroatoms. The van der Waals surface area contributed by atoms with Gasteiger partial charge in [0.05, 0.1) is 5.88 Å². The zero-order valence-corrected chi connectivity index (χ0v) is 9.95. The molecule has 1 aliphatic rings. The molecule has 0 atom stereocenters. The summed E-state index contributed by atoms with van der Waals surface area (Å²) in [6.07, 6.45) is 8.31. The van der Waals surface area contributed by atoms with Gasteiger partial charge in [-0.3, -0.25) is 0 Å². The van der Waals surface area contributed by atoms with E-state index in [1.165, 1.54) is 32.1 Å². The van der Waals surface area contributed by atoms with Crippen LogP contribution in [0.1, 0.15) is 50.9 Å². The fourth-order valence-corrected chi connectivity index (χ4v) is 2.69. The quantitative estimate of drug-likeness (QED) is 0.743. The SMILES string of the molecule is CCC1CCC(n2cnnc2CCl)CC1. The van der Waals surface area contributed by atoms with Gasteiger partial charge in [0.2, 0.25) is 0 Å². The summed E-state index contributed by atoms with van der Waals surface area (Å²) in [5, 5.41) is 7.97. The average Bonchev–Trinajstić information content (AvgIpc) is 2.77. The molecule has 84 valence electrons. The Balaban J connectivity index is 2.01. The molecule has 1 saturated carbocycles. The predicted molar refractivity (Wildman–Crippen MR) is 60.9 cm³/mol. The third-order valence-electron chi connectivity index (χ3n) is 3.55. The lowest BCUT2D eigenvalue weighted by molar-refractivity contribution is 0.266. The minimum Gasteiger partial charge on any atom is -0.313 e. The molecule has 1 aromatic rings. The zero-order valence-electron chi connectivity index (χ0n) is 9.19. The summed E-state index contributed by atoms with van der Waals surface area (Å²) >= 11 is 5.83. The summed E-state index contributed by atoms with van der Waals surface area (Å²) < 4.78 is 2.17. The molecule has 0 unspecified atom stereocenters. The Hall–Kier alpha value is -0.570. The summed E-state index contributed by atoms with van der Waals surface area (Å²) in [5.74, 6) is 2.31. The van der Waals surface area contributed by atoms with E-state index in [-0.39, 0.29) is 0 Å². The van der Waals surface area contributed by atoms with Gasteiger partial charge in [0, 0.05) is 6.04 Å². The summed E-state index contributed by atoms with van der Waals surface area (Å²) in [4.78, 5) is 0. The second kappa shape index (κ2) is 4.97.